The van der Waals surface area contributed by atoms with Crippen LogP contribution in [0.3, 0.4) is 0 Å². The summed E-state index contributed by atoms with van der Waals surface area (Å²) in [5, 5.41) is 7.05. The molecule has 0 aliphatic rings. The maximum absolute atomic E-state index is 5.90. The normalized spacial score (nSPS) is 11.6. The molecule has 10 heteroatoms. The number of hydrazone groups is 1. The van der Waals surface area contributed by atoms with E-state index in [0.717, 1.165) is 53.8 Å². The number of nitrogens with zero attached hydrogens (tertiary/aromatic N) is 4. The third-order valence-corrected chi connectivity index (χ3v) is 4.87. The molecule has 10 nitrogen and oxygen atoms in total. The third kappa shape index (κ3) is 4.54. The summed E-state index contributed by atoms with van der Waals surface area (Å²) in [6.07, 6.45) is 5.36. The lowest BCUT2D eigenvalue weighted by molar-refractivity contribution is 0.408. The van der Waals surface area contributed by atoms with E-state index in [0.29, 0.717) is 18.1 Å². The van der Waals surface area contributed by atoms with Gasteiger partial charge in [-0.15, -0.1) is 0 Å². The Kier molecular flexibility index (Phi) is 6.91. The van der Waals surface area contributed by atoms with Crippen molar-refractivity contribution in [3.63, 3.8) is 0 Å². The molecule has 0 bridgehead atoms. The van der Waals surface area contributed by atoms with Crippen molar-refractivity contribution < 1.29 is 4.74 Å². The number of hydrazine groups is 1. The number of amidine groups is 1. The number of aromatic nitrogens is 3. The van der Waals surface area contributed by atoms with Gasteiger partial charge in [-0.3, -0.25) is 0 Å². The van der Waals surface area contributed by atoms with Crippen LogP contribution in [0.4, 0.5) is 11.8 Å². The van der Waals surface area contributed by atoms with Gasteiger partial charge in [-0.1, -0.05) is 31.9 Å². The Morgan fingerprint density at radius 1 is 1.23 bits per heavy atom. The van der Waals surface area contributed by atoms with Crippen molar-refractivity contribution in [3.05, 3.63) is 41.6 Å². The average molecular weight is 412 g/mol. The van der Waals surface area contributed by atoms with Crippen LogP contribution in [-0.2, 0) is 6.54 Å². The second-order valence-corrected chi connectivity index (χ2v) is 6.89. The summed E-state index contributed by atoms with van der Waals surface area (Å²) in [7, 11) is 1.62. The van der Waals surface area contributed by atoms with Crippen LogP contribution in [0, 0.1) is 0 Å². The smallest absolute Gasteiger partial charge is 0.222 e. The number of nitrogen functional groups attached to an aromatic ring is 1. The molecule has 0 aliphatic heterocycles. The molecule has 2 heterocycles. The number of hydrogen-bond acceptors (Lipinski definition) is 8. The molecule has 0 fully saturated rings. The topological polar surface area (TPSA) is 154 Å². The Morgan fingerprint density at radius 3 is 2.77 bits per heavy atom. The highest BCUT2D eigenvalue weighted by Crippen LogP contribution is 2.27. The quantitative estimate of drug-likeness (QED) is 0.117. The maximum atomic E-state index is 5.90. The number of rotatable bonds is 9. The number of nitrogens with two attached hydrogens (primary N) is 3. The standard InChI is InChI=1S/C20H29N9O/c1-3-4-5-9-24-19-17-15(25-20(21)26-19)8-10-29(17)12-14-7-6-13(11-16(14)30-2)18(27-22)28-23/h6-8,10-11H,3-5,9,12,22-23H2,1-2H3,(H,27,28)(H3,21,24,25,26). The minimum atomic E-state index is 0.253. The van der Waals surface area contributed by atoms with Gasteiger partial charge in [0.05, 0.1) is 19.2 Å². The lowest BCUT2D eigenvalue weighted by Gasteiger charge is -2.14. The molecule has 0 radical (unpaired) electrons. The number of ether oxygens (including phenoxy) is 1. The molecule has 3 rings (SSSR count). The van der Waals surface area contributed by atoms with Gasteiger partial charge in [-0.2, -0.15) is 10.1 Å². The van der Waals surface area contributed by atoms with Gasteiger partial charge in [-0.05, 0) is 18.6 Å². The fourth-order valence-electron chi connectivity index (χ4n) is 3.36. The maximum Gasteiger partial charge on any atom is 0.222 e. The van der Waals surface area contributed by atoms with E-state index in [1.165, 1.54) is 0 Å². The van der Waals surface area contributed by atoms with E-state index >= 15 is 0 Å². The first-order valence-electron chi connectivity index (χ1n) is 9.89. The molecule has 8 N–H and O–H groups in total. The van der Waals surface area contributed by atoms with Crippen molar-refractivity contribution in [2.24, 2.45) is 16.8 Å². The molecule has 160 valence electrons. The molecule has 0 amide bonds. The highest BCUT2D eigenvalue weighted by molar-refractivity contribution is 5.98. The van der Waals surface area contributed by atoms with Crippen molar-refractivity contribution in [2.45, 2.75) is 32.7 Å². The van der Waals surface area contributed by atoms with Gasteiger partial charge in [0.25, 0.3) is 0 Å². The molecule has 0 spiro atoms. The van der Waals surface area contributed by atoms with Gasteiger partial charge in [0.15, 0.2) is 11.7 Å². The van der Waals surface area contributed by atoms with E-state index in [1.807, 2.05) is 30.5 Å². The van der Waals surface area contributed by atoms with Crippen LogP contribution in [-0.4, -0.2) is 34.0 Å². The van der Waals surface area contributed by atoms with Crippen LogP contribution >= 0.6 is 0 Å². The summed E-state index contributed by atoms with van der Waals surface area (Å²) in [4.78, 5) is 8.80. The number of anilines is 2. The lowest BCUT2D eigenvalue weighted by atomic mass is 10.1. The monoisotopic (exact) mass is 411 g/mol. The molecule has 30 heavy (non-hydrogen) atoms. The van der Waals surface area contributed by atoms with E-state index in [2.05, 4.69) is 37.3 Å². The average Bonchev–Trinajstić information content (AvgIpc) is 3.15. The fraction of sp³-hybridized carbons (Fsp3) is 0.350. The lowest BCUT2D eigenvalue weighted by Crippen LogP contribution is -2.32. The van der Waals surface area contributed by atoms with Crippen LogP contribution in [0.5, 0.6) is 5.75 Å². The Labute approximate surface area is 175 Å². The molecule has 0 saturated heterocycles. The number of methoxy groups -OCH3 is 1. The van der Waals surface area contributed by atoms with E-state index in [4.69, 9.17) is 22.2 Å². The molecule has 0 aliphatic carbocycles. The minimum absolute atomic E-state index is 0.253. The zero-order valence-corrected chi connectivity index (χ0v) is 17.4. The molecule has 0 atom stereocenters. The van der Waals surface area contributed by atoms with Gasteiger partial charge >= 0.3 is 0 Å². The highest BCUT2D eigenvalue weighted by Gasteiger charge is 2.14. The first-order chi connectivity index (χ1) is 14.6. The Balaban J connectivity index is 1.94. The minimum Gasteiger partial charge on any atom is -0.496 e. The SMILES string of the molecule is CCCCCNc1nc(N)nc2ccn(Cc3ccc(/C(=N/N)NN)cc3OC)c12. The molecule has 0 saturated carbocycles. The van der Waals surface area contributed by atoms with Gasteiger partial charge in [-0.25, -0.2) is 10.8 Å². The van der Waals surface area contributed by atoms with E-state index in [1.54, 1.807) is 7.11 Å². The summed E-state index contributed by atoms with van der Waals surface area (Å²) in [6.45, 7) is 3.57. The van der Waals surface area contributed by atoms with Gasteiger partial charge < -0.3 is 31.6 Å². The molecule has 3 aromatic rings. The molecule has 2 aromatic heterocycles. The molecular formula is C20H29N9O. The van der Waals surface area contributed by atoms with Crippen LogP contribution in [0.15, 0.2) is 35.6 Å². The number of nitrogens with one attached hydrogen (secondary N) is 2. The highest BCUT2D eigenvalue weighted by atomic mass is 16.5. The van der Waals surface area contributed by atoms with Crippen molar-refractivity contribution in [1.29, 1.82) is 0 Å². The molecule has 1 aromatic carbocycles. The Morgan fingerprint density at radius 2 is 2.07 bits per heavy atom. The fourth-order valence-corrected chi connectivity index (χ4v) is 3.36. The van der Waals surface area contributed by atoms with Crippen molar-refractivity contribution in [3.8, 4) is 5.75 Å². The van der Waals surface area contributed by atoms with Crippen LogP contribution in [0.2, 0.25) is 0 Å². The van der Waals surface area contributed by atoms with Crippen molar-refractivity contribution >= 4 is 28.6 Å². The number of hydrogen-bond donors (Lipinski definition) is 5. The summed E-state index contributed by atoms with van der Waals surface area (Å²) >= 11 is 0. The zero-order valence-electron chi connectivity index (χ0n) is 17.4. The largest absolute Gasteiger partial charge is 0.496 e. The second-order valence-electron chi connectivity index (χ2n) is 6.89. The molecule has 0 unspecified atom stereocenters. The number of fused-ring (bicyclic) bond motifs is 1. The van der Waals surface area contributed by atoms with Crippen molar-refractivity contribution in [1.82, 2.24) is 20.0 Å². The Bertz CT molecular complexity index is 1030. The number of unbranched alkanes of at least 4 members (excludes halogenated alkanes) is 2. The summed E-state index contributed by atoms with van der Waals surface area (Å²) in [6, 6.07) is 7.61. The summed E-state index contributed by atoms with van der Waals surface area (Å²) < 4.78 is 7.66. The second kappa shape index (κ2) is 9.79. The van der Waals surface area contributed by atoms with E-state index in [9.17, 15) is 0 Å². The predicted octanol–water partition coefficient (Wildman–Crippen LogP) is 1.76. The first-order valence-corrected chi connectivity index (χ1v) is 9.89. The Hall–Kier alpha value is -3.53. The van der Waals surface area contributed by atoms with Crippen molar-refractivity contribution in [2.75, 3.05) is 24.7 Å². The van der Waals surface area contributed by atoms with Crippen LogP contribution in [0.25, 0.3) is 11.0 Å². The van der Waals surface area contributed by atoms with Crippen LogP contribution < -0.4 is 32.9 Å². The predicted molar refractivity (Wildman–Crippen MR) is 120 cm³/mol. The van der Waals surface area contributed by atoms with Gasteiger partial charge in [0.2, 0.25) is 5.95 Å². The summed E-state index contributed by atoms with van der Waals surface area (Å²) in [5.74, 6) is 12.9. The van der Waals surface area contributed by atoms with Gasteiger partial charge in [0, 0.05) is 23.9 Å². The summed E-state index contributed by atoms with van der Waals surface area (Å²) in [5.41, 5.74) is 11.8. The van der Waals surface area contributed by atoms with Crippen LogP contribution in [0.1, 0.15) is 37.3 Å². The zero-order chi connectivity index (χ0) is 21.5. The molecular weight excluding hydrogens is 382 g/mol. The third-order valence-electron chi connectivity index (χ3n) is 4.87. The van der Waals surface area contributed by atoms with E-state index in [-0.39, 0.29) is 5.95 Å². The van der Waals surface area contributed by atoms with E-state index < -0.39 is 0 Å². The van der Waals surface area contributed by atoms with Gasteiger partial charge in [0.1, 0.15) is 11.3 Å². The number of benzene rings is 1. The first kappa shape index (κ1) is 21.2.